The number of esters is 1. The van der Waals surface area contributed by atoms with Crippen LogP contribution < -0.4 is 15.0 Å². The van der Waals surface area contributed by atoms with Gasteiger partial charge >= 0.3 is 5.97 Å². The number of anilines is 1. The average molecular weight is 457 g/mol. The number of nitrogens with one attached hydrogen (secondary N) is 1. The first kappa shape index (κ1) is 23.2. The molecule has 1 aromatic heterocycles. The lowest BCUT2D eigenvalue weighted by Crippen LogP contribution is -2.12. The van der Waals surface area contributed by atoms with Crippen LogP contribution in [0.15, 0.2) is 52.5 Å². The molecule has 8 nitrogen and oxygen atoms in total. The zero-order valence-corrected chi connectivity index (χ0v) is 19.0. The van der Waals surface area contributed by atoms with E-state index in [0.29, 0.717) is 44.8 Å². The summed E-state index contributed by atoms with van der Waals surface area (Å²) in [5.74, 6) is 0.193. The zero-order chi connectivity index (χ0) is 23.3. The average Bonchev–Trinajstić information content (AvgIpc) is 3.34. The van der Waals surface area contributed by atoms with E-state index in [4.69, 9.17) is 14.2 Å². The van der Waals surface area contributed by atoms with Crippen molar-refractivity contribution in [2.45, 2.75) is 26.4 Å². The Morgan fingerprint density at radius 2 is 2.00 bits per heavy atom. The van der Waals surface area contributed by atoms with E-state index in [1.807, 2.05) is 19.9 Å². The van der Waals surface area contributed by atoms with E-state index < -0.39 is 12.1 Å². The van der Waals surface area contributed by atoms with Gasteiger partial charge in [0.1, 0.15) is 28.2 Å². The summed E-state index contributed by atoms with van der Waals surface area (Å²) in [6.45, 7) is 3.90. The number of rotatable bonds is 9. The van der Waals surface area contributed by atoms with Gasteiger partial charge in [0, 0.05) is 12.0 Å². The minimum Gasteiger partial charge on any atom is -0.496 e. The van der Waals surface area contributed by atoms with Gasteiger partial charge in [0.25, 0.3) is 0 Å². The molecule has 0 amide bonds. The second-order valence-corrected chi connectivity index (χ2v) is 8.12. The fourth-order valence-corrected chi connectivity index (χ4v) is 4.06. The molecule has 0 aliphatic heterocycles. The third-order valence-corrected chi connectivity index (χ3v) is 5.76. The van der Waals surface area contributed by atoms with Crippen molar-refractivity contribution in [1.29, 1.82) is 0 Å². The summed E-state index contributed by atoms with van der Waals surface area (Å²) in [7, 11) is 2.92. The first-order valence-corrected chi connectivity index (χ1v) is 10.7. The molecule has 0 radical (unpaired) electrons. The smallest absolute Gasteiger partial charge is 0.348 e. The molecular weight excluding hydrogens is 432 g/mol. The van der Waals surface area contributed by atoms with Crippen LogP contribution in [0.25, 0.3) is 10.8 Å². The van der Waals surface area contributed by atoms with Gasteiger partial charge in [0.2, 0.25) is 0 Å². The first-order valence-electron chi connectivity index (χ1n) is 9.78. The van der Waals surface area contributed by atoms with Gasteiger partial charge in [0.15, 0.2) is 0 Å². The Kier molecular flexibility index (Phi) is 7.45. The number of benzene rings is 2. The highest BCUT2D eigenvalue weighted by molar-refractivity contribution is 7.11. The number of fused-ring (bicyclic) bond motifs is 1. The van der Waals surface area contributed by atoms with Crippen molar-refractivity contribution < 1.29 is 24.2 Å². The highest BCUT2D eigenvalue weighted by Gasteiger charge is 2.27. The fourth-order valence-electron chi connectivity index (χ4n) is 3.45. The Morgan fingerprint density at radius 3 is 2.56 bits per heavy atom. The van der Waals surface area contributed by atoms with Crippen molar-refractivity contribution in [3.63, 3.8) is 0 Å². The summed E-state index contributed by atoms with van der Waals surface area (Å²) in [6, 6.07) is 8.12. The summed E-state index contributed by atoms with van der Waals surface area (Å²) < 4.78 is 17.1. The minimum absolute atomic E-state index is 0.0987. The molecule has 0 saturated carbocycles. The highest BCUT2D eigenvalue weighted by atomic mass is 32.1. The molecule has 3 rings (SSSR count). The van der Waals surface area contributed by atoms with Gasteiger partial charge in [0.05, 0.1) is 30.7 Å². The van der Waals surface area contributed by atoms with Crippen LogP contribution in [0, 0.1) is 4.91 Å². The Balaban J connectivity index is 2.27. The number of hydrogen-bond acceptors (Lipinski definition) is 9. The van der Waals surface area contributed by atoms with Gasteiger partial charge in [-0.15, -0.1) is 16.2 Å². The number of methoxy groups -OCH3 is 2. The van der Waals surface area contributed by atoms with E-state index in [0.717, 1.165) is 5.57 Å². The summed E-state index contributed by atoms with van der Waals surface area (Å²) in [6.07, 6.45) is 1.61. The van der Waals surface area contributed by atoms with Crippen LogP contribution in [0.4, 0.5) is 11.4 Å². The minimum atomic E-state index is -0.724. The van der Waals surface area contributed by atoms with Crippen LogP contribution in [0.5, 0.6) is 11.5 Å². The predicted molar refractivity (Wildman–Crippen MR) is 124 cm³/mol. The van der Waals surface area contributed by atoms with Crippen LogP contribution in [-0.2, 0) is 4.74 Å². The van der Waals surface area contributed by atoms with Crippen molar-refractivity contribution in [1.82, 2.24) is 0 Å². The van der Waals surface area contributed by atoms with Gasteiger partial charge in [-0.25, -0.2) is 4.79 Å². The second-order valence-electron chi connectivity index (χ2n) is 7.18. The molecule has 0 unspecified atom stereocenters. The number of nitrogens with zero attached hydrogens (tertiary/aromatic N) is 1. The molecular formula is C23H24N2O6S. The maximum atomic E-state index is 12.8. The molecule has 9 heteroatoms. The third kappa shape index (κ3) is 4.58. The van der Waals surface area contributed by atoms with Crippen LogP contribution in [-0.4, -0.2) is 25.4 Å². The van der Waals surface area contributed by atoms with E-state index in [2.05, 4.69) is 10.7 Å². The molecule has 0 aliphatic rings. The molecule has 168 valence electrons. The monoisotopic (exact) mass is 456 g/mol. The number of carbonyl (C=O) groups excluding carboxylic acids is 1. The molecule has 0 saturated heterocycles. The van der Waals surface area contributed by atoms with E-state index in [9.17, 15) is 14.9 Å². The van der Waals surface area contributed by atoms with Gasteiger partial charge in [-0.3, -0.25) is 10.7 Å². The number of allylic oxidation sites excluding steroid dienone is 1. The SMILES string of the molecule is COc1cc([C@@H](CC=C(C)C)OC(=O)c2cccs2)c(OC)c2c(N=O)ccc(NO)c12. The quantitative estimate of drug-likeness (QED) is 0.167. The van der Waals surface area contributed by atoms with Crippen molar-refractivity contribution in [2.75, 3.05) is 19.7 Å². The fraction of sp³-hybridized carbons (Fsp3) is 0.261. The van der Waals surface area contributed by atoms with E-state index >= 15 is 0 Å². The van der Waals surface area contributed by atoms with Gasteiger partial charge in [-0.05, 0) is 48.7 Å². The normalized spacial score (nSPS) is 11.5. The largest absolute Gasteiger partial charge is 0.496 e. The van der Waals surface area contributed by atoms with Crippen molar-refractivity contribution >= 4 is 39.5 Å². The summed E-state index contributed by atoms with van der Waals surface area (Å²) in [4.78, 5) is 24.8. The molecule has 0 aliphatic carbocycles. The Morgan fingerprint density at radius 1 is 1.22 bits per heavy atom. The number of ether oxygens (including phenoxy) is 3. The summed E-state index contributed by atoms with van der Waals surface area (Å²) in [5.41, 5.74) is 4.09. The molecule has 32 heavy (non-hydrogen) atoms. The molecule has 0 bridgehead atoms. The zero-order valence-electron chi connectivity index (χ0n) is 18.2. The van der Waals surface area contributed by atoms with Gasteiger partial charge in [-0.2, -0.15) is 0 Å². The first-order chi connectivity index (χ1) is 15.4. The van der Waals surface area contributed by atoms with Crippen molar-refractivity contribution in [2.24, 2.45) is 5.18 Å². The lowest BCUT2D eigenvalue weighted by molar-refractivity contribution is 0.0304. The standard InChI is InChI=1S/C23H24N2O6S/c1-13(2)7-10-17(31-23(26)19-6-5-11-32-19)14-12-18(29-3)20-15(24-27)8-9-16(25-28)21(20)22(14)30-4/h5-9,11-12,17,24,27H,10H2,1-4H3/t17-/m1/s1. The Bertz CT molecular complexity index is 1150. The number of hydrogen-bond donors (Lipinski definition) is 2. The Labute approximate surface area is 189 Å². The number of thiophene rings is 1. The Hall–Kier alpha value is -3.43. The van der Waals surface area contributed by atoms with E-state index in [1.165, 1.54) is 37.7 Å². The second kappa shape index (κ2) is 10.3. The van der Waals surface area contributed by atoms with Crippen molar-refractivity contribution in [3.05, 3.63) is 62.7 Å². The molecule has 2 aromatic carbocycles. The number of carbonyl (C=O) groups is 1. The number of nitroso groups, excluding NO2 is 1. The topological polar surface area (TPSA) is 106 Å². The maximum Gasteiger partial charge on any atom is 0.348 e. The van der Waals surface area contributed by atoms with Crippen LogP contribution in [0.3, 0.4) is 0 Å². The maximum absolute atomic E-state index is 12.8. The lowest BCUT2D eigenvalue weighted by Gasteiger charge is -2.23. The van der Waals surface area contributed by atoms with Crippen LogP contribution in [0.2, 0.25) is 0 Å². The van der Waals surface area contributed by atoms with E-state index in [1.54, 1.807) is 23.6 Å². The van der Waals surface area contributed by atoms with Crippen LogP contribution in [0.1, 0.15) is 41.6 Å². The predicted octanol–water partition coefficient (Wildman–Crippen LogP) is 6.37. The van der Waals surface area contributed by atoms with Gasteiger partial charge in [-0.1, -0.05) is 17.7 Å². The van der Waals surface area contributed by atoms with Crippen molar-refractivity contribution in [3.8, 4) is 11.5 Å². The molecule has 0 fully saturated rings. The summed E-state index contributed by atoms with van der Waals surface area (Å²) >= 11 is 1.29. The van der Waals surface area contributed by atoms with Gasteiger partial charge < -0.3 is 14.2 Å². The molecule has 3 aromatic rings. The lowest BCUT2D eigenvalue weighted by atomic mass is 9.96. The molecule has 2 N–H and O–H groups in total. The molecule has 1 heterocycles. The third-order valence-electron chi connectivity index (χ3n) is 4.91. The highest BCUT2D eigenvalue weighted by Crippen LogP contribution is 2.48. The van der Waals surface area contributed by atoms with E-state index in [-0.39, 0.29) is 5.69 Å². The molecule has 1 atom stereocenters. The summed E-state index contributed by atoms with van der Waals surface area (Å²) in [5, 5.41) is 15.3. The molecule has 0 spiro atoms. The van der Waals surface area contributed by atoms with Crippen LogP contribution >= 0.6 is 11.3 Å².